The Balaban J connectivity index is 2.08. The molecule has 1 aromatic rings. The summed E-state index contributed by atoms with van der Waals surface area (Å²) in [6.07, 6.45) is 1.99. The minimum atomic E-state index is -0.0218. The number of amides is 1. The van der Waals surface area contributed by atoms with E-state index in [0.717, 1.165) is 25.9 Å². The molecule has 5 heteroatoms. The van der Waals surface area contributed by atoms with Crippen molar-refractivity contribution in [2.75, 3.05) is 20.1 Å². The summed E-state index contributed by atoms with van der Waals surface area (Å²) in [4.78, 5) is 18.2. The number of thiophene rings is 1. The van der Waals surface area contributed by atoms with Crippen LogP contribution in [-0.4, -0.2) is 47.9 Å². The Morgan fingerprint density at radius 2 is 2.24 bits per heavy atom. The van der Waals surface area contributed by atoms with Crippen molar-refractivity contribution in [1.82, 2.24) is 15.1 Å². The molecule has 1 N–H and O–H groups in total. The molecule has 1 fully saturated rings. The molecular formula is C16H27N3OS. The molecule has 2 heterocycles. The molecule has 1 saturated heterocycles. The van der Waals surface area contributed by atoms with E-state index in [0.29, 0.717) is 6.04 Å². The van der Waals surface area contributed by atoms with Crippen LogP contribution in [0, 0.1) is 0 Å². The molecule has 1 amide bonds. The topological polar surface area (TPSA) is 35.6 Å². The van der Waals surface area contributed by atoms with E-state index in [9.17, 15) is 4.79 Å². The van der Waals surface area contributed by atoms with Crippen LogP contribution < -0.4 is 5.32 Å². The van der Waals surface area contributed by atoms with Crippen molar-refractivity contribution in [1.29, 1.82) is 0 Å². The summed E-state index contributed by atoms with van der Waals surface area (Å²) in [7, 11) is 2.11. The SMILES string of the molecule is CCCC1NC(c2cccs2)N(CCN(C)C(C)C)C1=O. The Labute approximate surface area is 132 Å². The van der Waals surface area contributed by atoms with Crippen LogP contribution in [0.15, 0.2) is 17.5 Å². The van der Waals surface area contributed by atoms with Gasteiger partial charge in [0.25, 0.3) is 0 Å². The van der Waals surface area contributed by atoms with Crippen LogP contribution in [-0.2, 0) is 4.79 Å². The first kappa shape index (κ1) is 16.5. The lowest BCUT2D eigenvalue weighted by Crippen LogP contribution is -2.39. The predicted octanol–water partition coefficient (Wildman–Crippen LogP) is 2.69. The standard InChI is InChI=1S/C16H27N3OS/c1-5-7-13-16(20)19(10-9-18(4)12(2)3)15(17-13)14-8-6-11-21-14/h6,8,11-13,15,17H,5,7,9-10H2,1-4H3. The molecule has 21 heavy (non-hydrogen) atoms. The number of carbonyl (C=O) groups is 1. The van der Waals surface area contributed by atoms with Crippen molar-refractivity contribution in [3.8, 4) is 0 Å². The second kappa shape index (κ2) is 7.38. The van der Waals surface area contributed by atoms with Gasteiger partial charge >= 0.3 is 0 Å². The maximum absolute atomic E-state index is 12.6. The smallest absolute Gasteiger partial charge is 0.241 e. The van der Waals surface area contributed by atoms with Gasteiger partial charge in [-0.25, -0.2) is 0 Å². The number of nitrogens with one attached hydrogen (secondary N) is 1. The summed E-state index contributed by atoms with van der Waals surface area (Å²) in [5.41, 5.74) is 0. The highest BCUT2D eigenvalue weighted by atomic mass is 32.1. The van der Waals surface area contributed by atoms with Gasteiger partial charge in [-0.15, -0.1) is 11.3 Å². The molecule has 2 unspecified atom stereocenters. The summed E-state index contributed by atoms with van der Waals surface area (Å²) in [5, 5.41) is 5.59. The zero-order valence-corrected chi connectivity index (χ0v) is 14.3. The number of hydrogen-bond donors (Lipinski definition) is 1. The maximum atomic E-state index is 12.6. The summed E-state index contributed by atoms with van der Waals surface area (Å²) >= 11 is 1.72. The molecule has 1 aliphatic rings. The zero-order valence-electron chi connectivity index (χ0n) is 13.5. The number of nitrogens with zero attached hydrogens (tertiary/aromatic N) is 2. The second-order valence-electron chi connectivity index (χ2n) is 6.03. The van der Waals surface area contributed by atoms with Gasteiger partial charge in [-0.2, -0.15) is 0 Å². The molecule has 2 rings (SSSR count). The van der Waals surface area contributed by atoms with Crippen LogP contribution in [0.2, 0.25) is 0 Å². The van der Waals surface area contributed by atoms with Gasteiger partial charge < -0.3 is 9.80 Å². The summed E-state index contributed by atoms with van der Waals surface area (Å²) in [6.45, 7) is 8.18. The van der Waals surface area contributed by atoms with E-state index < -0.39 is 0 Å². The van der Waals surface area contributed by atoms with Crippen molar-refractivity contribution < 1.29 is 4.79 Å². The third kappa shape index (κ3) is 3.84. The van der Waals surface area contributed by atoms with Gasteiger partial charge in [-0.05, 0) is 38.8 Å². The fourth-order valence-corrected chi connectivity index (χ4v) is 3.42. The number of likely N-dealkylation sites (N-methyl/N-ethyl adjacent to an activating group) is 1. The largest absolute Gasteiger partial charge is 0.319 e. The first-order chi connectivity index (χ1) is 10.0. The molecular weight excluding hydrogens is 282 g/mol. The lowest BCUT2D eigenvalue weighted by molar-refractivity contribution is -0.130. The first-order valence-electron chi connectivity index (χ1n) is 7.84. The first-order valence-corrected chi connectivity index (χ1v) is 8.72. The van der Waals surface area contributed by atoms with Crippen molar-refractivity contribution in [2.45, 2.75) is 51.9 Å². The van der Waals surface area contributed by atoms with Gasteiger partial charge in [0.05, 0.1) is 6.04 Å². The van der Waals surface area contributed by atoms with Crippen molar-refractivity contribution in [3.05, 3.63) is 22.4 Å². The Hall–Kier alpha value is -0.910. The monoisotopic (exact) mass is 309 g/mol. The Morgan fingerprint density at radius 1 is 1.48 bits per heavy atom. The predicted molar refractivity (Wildman–Crippen MR) is 88.4 cm³/mol. The molecule has 1 aromatic heterocycles. The average Bonchev–Trinajstić information content (AvgIpc) is 3.06. The normalized spacial score (nSPS) is 22.8. The van der Waals surface area contributed by atoms with E-state index in [1.165, 1.54) is 4.88 Å². The lowest BCUT2D eigenvalue weighted by Gasteiger charge is -2.28. The number of hydrogen-bond acceptors (Lipinski definition) is 4. The number of rotatable bonds is 7. The highest BCUT2D eigenvalue weighted by Crippen LogP contribution is 2.29. The quantitative estimate of drug-likeness (QED) is 0.841. The van der Waals surface area contributed by atoms with Gasteiger partial charge in [-0.1, -0.05) is 19.4 Å². The van der Waals surface area contributed by atoms with E-state index in [-0.39, 0.29) is 18.1 Å². The molecule has 0 radical (unpaired) electrons. The summed E-state index contributed by atoms with van der Waals surface area (Å²) in [5.74, 6) is 0.257. The third-order valence-corrected chi connectivity index (χ3v) is 5.14. The van der Waals surface area contributed by atoms with E-state index in [1.54, 1.807) is 11.3 Å². The molecule has 0 bridgehead atoms. The molecule has 4 nitrogen and oxygen atoms in total. The van der Waals surface area contributed by atoms with Gasteiger partial charge in [-0.3, -0.25) is 10.1 Å². The minimum Gasteiger partial charge on any atom is -0.319 e. The molecule has 1 aliphatic heterocycles. The zero-order chi connectivity index (χ0) is 15.4. The van der Waals surface area contributed by atoms with E-state index in [2.05, 4.69) is 55.5 Å². The Kier molecular flexibility index (Phi) is 5.79. The van der Waals surface area contributed by atoms with Crippen LogP contribution in [0.3, 0.4) is 0 Å². The van der Waals surface area contributed by atoms with Crippen LogP contribution >= 0.6 is 11.3 Å². The summed E-state index contributed by atoms with van der Waals surface area (Å²) < 4.78 is 0. The maximum Gasteiger partial charge on any atom is 0.241 e. The average molecular weight is 309 g/mol. The fourth-order valence-electron chi connectivity index (χ4n) is 2.62. The Bertz CT molecular complexity index is 446. The highest BCUT2D eigenvalue weighted by molar-refractivity contribution is 7.10. The second-order valence-corrected chi connectivity index (χ2v) is 7.01. The van der Waals surface area contributed by atoms with Crippen molar-refractivity contribution in [2.24, 2.45) is 0 Å². The van der Waals surface area contributed by atoms with Gasteiger partial charge in [0.1, 0.15) is 6.17 Å². The molecule has 0 aromatic carbocycles. The van der Waals surface area contributed by atoms with Crippen LogP contribution in [0.5, 0.6) is 0 Å². The van der Waals surface area contributed by atoms with E-state index in [4.69, 9.17) is 0 Å². The van der Waals surface area contributed by atoms with E-state index >= 15 is 0 Å². The molecule has 118 valence electrons. The number of carbonyl (C=O) groups excluding carboxylic acids is 1. The molecule has 0 spiro atoms. The lowest BCUT2D eigenvalue weighted by atomic mass is 10.2. The third-order valence-electron chi connectivity index (χ3n) is 4.22. The van der Waals surface area contributed by atoms with Gasteiger partial charge in [0.2, 0.25) is 5.91 Å². The van der Waals surface area contributed by atoms with Gasteiger partial charge in [0.15, 0.2) is 0 Å². The van der Waals surface area contributed by atoms with Gasteiger partial charge in [0, 0.05) is 24.0 Å². The van der Waals surface area contributed by atoms with Crippen LogP contribution in [0.25, 0.3) is 0 Å². The Morgan fingerprint density at radius 3 is 2.81 bits per heavy atom. The minimum absolute atomic E-state index is 0.0218. The highest BCUT2D eigenvalue weighted by Gasteiger charge is 2.39. The van der Waals surface area contributed by atoms with Crippen LogP contribution in [0.1, 0.15) is 44.7 Å². The molecule has 2 atom stereocenters. The van der Waals surface area contributed by atoms with Crippen molar-refractivity contribution >= 4 is 17.2 Å². The summed E-state index contributed by atoms with van der Waals surface area (Å²) in [6, 6.07) is 4.65. The van der Waals surface area contributed by atoms with Crippen molar-refractivity contribution in [3.63, 3.8) is 0 Å². The fraction of sp³-hybridized carbons (Fsp3) is 0.688. The molecule has 0 aliphatic carbocycles. The van der Waals surface area contributed by atoms with E-state index in [1.807, 2.05) is 4.90 Å². The van der Waals surface area contributed by atoms with Crippen LogP contribution in [0.4, 0.5) is 0 Å². The molecule has 0 saturated carbocycles.